The molecule has 1 N–H and O–H groups in total. The van der Waals surface area contributed by atoms with Crippen molar-refractivity contribution >= 4 is 27.5 Å². The first-order valence-electron chi connectivity index (χ1n) is 7.28. The highest BCUT2D eigenvalue weighted by molar-refractivity contribution is 9.10. The van der Waals surface area contributed by atoms with Crippen LogP contribution in [0.1, 0.15) is 23.6 Å². The molecule has 0 aliphatic heterocycles. The second-order valence-electron chi connectivity index (χ2n) is 5.27. The van der Waals surface area contributed by atoms with Crippen LogP contribution in [0.3, 0.4) is 0 Å². The van der Waals surface area contributed by atoms with E-state index in [2.05, 4.69) is 28.2 Å². The molecule has 0 spiro atoms. The molecule has 2 aromatic carbocycles. The number of nitrogens with one attached hydrogen (secondary N) is 1. The lowest BCUT2D eigenvalue weighted by Gasteiger charge is -2.11. The fraction of sp³-hybridized carbons (Fsp3) is 0.278. The normalized spacial score (nSPS) is 10.4. The molecule has 0 heterocycles. The summed E-state index contributed by atoms with van der Waals surface area (Å²) in [6, 6.07) is 11.9. The summed E-state index contributed by atoms with van der Waals surface area (Å²) in [5.41, 5.74) is 4.19. The van der Waals surface area contributed by atoms with Crippen LogP contribution in [0, 0.1) is 13.8 Å². The molecule has 1 amide bonds. The molecule has 0 fully saturated rings. The minimum Gasteiger partial charge on any atom is -0.483 e. The third-order valence-electron chi connectivity index (χ3n) is 3.43. The van der Waals surface area contributed by atoms with Crippen LogP contribution in [0.4, 0.5) is 5.69 Å². The van der Waals surface area contributed by atoms with E-state index in [0.29, 0.717) is 5.75 Å². The number of ether oxygens (including phenoxy) is 1. The summed E-state index contributed by atoms with van der Waals surface area (Å²) < 4.78 is 6.45. The number of anilines is 1. The molecule has 0 radical (unpaired) electrons. The van der Waals surface area contributed by atoms with Crippen molar-refractivity contribution in [3.05, 3.63) is 57.6 Å². The van der Waals surface area contributed by atoms with Crippen molar-refractivity contribution in [3.63, 3.8) is 0 Å². The monoisotopic (exact) mass is 361 g/mol. The highest BCUT2D eigenvalue weighted by Gasteiger charge is 2.08. The number of aryl methyl sites for hydroxylation is 3. The van der Waals surface area contributed by atoms with Gasteiger partial charge in [-0.15, -0.1) is 0 Å². The second kappa shape index (κ2) is 7.45. The molecule has 0 aliphatic rings. The first kappa shape index (κ1) is 16.6. The van der Waals surface area contributed by atoms with Gasteiger partial charge in [0.1, 0.15) is 5.75 Å². The van der Waals surface area contributed by atoms with Gasteiger partial charge in [-0.05, 0) is 71.1 Å². The number of rotatable bonds is 5. The van der Waals surface area contributed by atoms with Crippen LogP contribution in [0.25, 0.3) is 0 Å². The van der Waals surface area contributed by atoms with Gasteiger partial charge in [0.25, 0.3) is 5.91 Å². The minimum absolute atomic E-state index is 0.0164. The van der Waals surface area contributed by atoms with Crippen molar-refractivity contribution in [2.45, 2.75) is 27.2 Å². The van der Waals surface area contributed by atoms with Gasteiger partial charge < -0.3 is 10.1 Å². The Morgan fingerprint density at radius 2 is 1.95 bits per heavy atom. The molecule has 22 heavy (non-hydrogen) atoms. The standard InChI is InChI=1S/C18H20BrNO2/c1-4-14-7-8-17(15(19)10-14)22-11-18(21)20-16-9-12(2)5-6-13(16)3/h5-10H,4,11H2,1-3H3,(H,20,21). The molecule has 4 heteroatoms. The van der Waals surface area contributed by atoms with E-state index in [1.54, 1.807) is 0 Å². The van der Waals surface area contributed by atoms with E-state index in [9.17, 15) is 4.79 Å². The number of benzene rings is 2. The van der Waals surface area contributed by atoms with E-state index in [-0.39, 0.29) is 12.5 Å². The molecule has 0 bridgehead atoms. The van der Waals surface area contributed by atoms with Crippen LogP contribution in [0.2, 0.25) is 0 Å². The third-order valence-corrected chi connectivity index (χ3v) is 4.05. The van der Waals surface area contributed by atoms with E-state index in [0.717, 1.165) is 27.7 Å². The zero-order valence-electron chi connectivity index (χ0n) is 13.1. The van der Waals surface area contributed by atoms with Crippen molar-refractivity contribution in [1.82, 2.24) is 0 Å². The summed E-state index contributed by atoms with van der Waals surface area (Å²) in [4.78, 5) is 12.0. The van der Waals surface area contributed by atoms with Crippen molar-refractivity contribution < 1.29 is 9.53 Å². The molecule has 0 aromatic heterocycles. The Kier molecular flexibility index (Phi) is 5.61. The predicted molar refractivity (Wildman–Crippen MR) is 93.6 cm³/mol. The minimum atomic E-state index is -0.167. The molecule has 0 atom stereocenters. The third kappa shape index (κ3) is 4.34. The van der Waals surface area contributed by atoms with Gasteiger partial charge in [0, 0.05) is 5.69 Å². The van der Waals surface area contributed by atoms with Gasteiger partial charge in [-0.2, -0.15) is 0 Å². The number of carbonyl (C=O) groups excluding carboxylic acids is 1. The van der Waals surface area contributed by atoms with Gasteiger partial charge in [0.05, 0.1) is 4.47 Å². The Bertz CT molecular complexity index is 683. The molecular formula is C18H20BrNO2. The van der Waals surface area contributed by atoms with Crippen LogP contribution in [0.15, 0.2) is 40.9 Å². The summed E-state index contributed by atoms with van der Waals surface area (Å²) in [5.74, 6) is 0.508. The summed E-state index contributed by atoms with van der Waals surface area (Å²) in [6.07, 6.45) is 0.964. The van der Waals surface area contributed by atoms with Gasteiger partial charge >= 0.3 is 0 Å². The van der Waals surface area contributed by atoms with Gasteiger partial charge in [0.15, 0.2) is 6.61 Å². The molecule has 116 valence electrons. The van der Waals surface area contributed by atoms with Gasteiger partial charge in [-0.25, -0.2) is 0 Å². The number of hydrogen-bond acceptors (Lipinski definition) is 2. The molecular weight excluding hydrogens is 342 g/mol. The average Bonchev–Trinajstić information content (AvgIpc) is 2.49. The highest BCUT2D eigenvalue weighted by atomic mass is 79.9. The van der Waals surface area contributed by atoms with Crippen molar-refractivity contribution in [3.8, 4) is 5.75 Å². The maximum absolute atomic E-state index is 12.0. The Morgan fingerprint density at radius 3 is 2.64 bits per heavy atom. The fourth-order valence-corrected chi connectivity index (χ4v) is 2.62. The van der Waals surface area contributed by atoms with Gasteiger partial charge in [0.2, 0.25) is 0 Å². The van der Waals surface area contributed by atoms with E-state index in [1.165, 1.54) is 5.56 Å². The summed E-state index contributed by atoms with van der Waals surface area (Å²) in [7, 11) is 0. The molecule has 2 rings (SSSR count). The zero-order chi connectivity index (χ0) is 16.1. The van der Waals surface area contributed by atoms with E-state index >= 15 is 0 Å². The van der Waals surface area contributed by atoms with Crippen LogP contribution in [-0.2, 0) is 11.2 Å². The Hall–Kier alpha value is -1.81. The van der Waals surface area contributed by atoms with E-state index in [4.69, 9.17) is 4.74 Å². The second-order valence-corrected chi connectivity index (χ2v) is 6.13. The summed E-state index contributed by atoms with van der Waals surface area (Å²) >= 11 is 3.47. The summed E-state index contributed by atoms with van der Waals surface area (Å²) in [6.45, 7) is 6.05. The predicted octanol–water partition coefficient (Wildman–Crippen LogP) is 4.65. The molecule has 2 aromatic rings. The maximum Gasteiger partial charge on any atom is 0.262 e. The topological polar surface area (TPSA) is 38.3 Å². The first-order valence-corrected chi connectivity index (χ1v) is 8.07. The molecule has 3 nitrogen and oxygen atoms in total. The highest BCUT2D eigenvalue weighted by Crippen LogP contribution is 2.26. The molecule has 0 saturated heterocycles. The molecule has 0 unspecified atom stereocenters. The lowest BCUT2D eigenvalue weighted by molar-refractivity contribution is -0.118. The van der Waals surface area contributed by atoms with Crippen LogP contribution in [0.5, 0.6) is 5.75 Å². The SMILES string of the molecule is CCc1ccc(OCC(=O)Nc2cc(C)ccc2C)c(Br)c1. The smallest absolute Gasteiger partial charge is 0.262 e. The first-order chi connectivity index (χ1) is 10.5. The lowest BCUT2D eigenvalue weighted by atomic mass is 10.1. The largest absolute Gasteiger partial charge is 0.483 e. The van der Waals surface area contributed by atoms with Crippen molar-refractivity contribution in [2.24, 2.45) is 0 Å². The van der Waals surface area contributed by atoms with E-state index in [1.807, 2.05) is 50.2 Å². The molecule has 0 aliphatic carbocycles. The zero-order valence-corrected chi connectivity index (χ0v) is 14.7. The summed E-state index contributed by atoms with van der Waals surface area (Å²) in [5, 5.41) is 2.88. The van der Waals surface area contributed by atoms with Crippen LogP contribution < -0.4 is 10.1 Å². The van der Waals surface area contributed by atoms with Gasteiger partial charge in [-0.1, -0.05) is 25.1 Å². The Labute approximate surface area is 139 Å². The Balaban J connectivity index is 1.97. The van der Waals surface area contributed by atoms with E-state index < -0.39 is 0 Å². The van der Waals surface area contributed by atoms with Crippen molar-refractivity contribution in [1.29, 1.82) is 0 Å². The number of carbonyl (C=O) groups is 1. The fourth-order valence-electron chi connectivity index (χ4n) is 2.08. The van der Waals surface area contributed by atoms with Crippen LogP contribution in [-0.4, -0.2) is 12.5 Å². The lowest BCUT2D eigenvalue weighted by Crippen LogP contribution is -2.20. The van der Waals surface area contributed by atoms with Crippen LogP contribution >= 0.6 is 15.9 Å². The number of hydrogen-bond donors (Lipinski definition) is 1. The average molecular weight is 362 g/mol. The Morgan fingerprint density at radius 1 is 1.18 bits per heavy atom. The number of halogens is 1. The van der Waals surface area contributed by atoms with Gasteiger partial charge in [-0.3, -0.25) is 4.79 Å². The molecule has 0 saturated carbocycles. The van der Waals surface area contributed by atoms with Crippen molar-refractivity contribution in [2.75, 3.05) is 11.9 Å². The quantitative estimate of drug-likeness (QED) is 0.841. The number of amides is 1. The maximum atomic E-state index is 12.0.